The first-order chi connectivity index (χ1) is 5.33. The van der Waals surface area contributed by atoms with Gasteiger partial charge in [-0.2, -0.15) is 0 Å². The van der Waals surface area contributed by atoms with Crippen molar-refractivity contribution in [2.45, 2.75) is 59.5 Å². The molecule has 0 aromatic heterocycles. The summed E-state index contributed by atoms with van der Waals surface area (Å²) in [4.78, 5) is 0. The molecule has 74 valence electrons. The summed E-state index contributed by atoms with van der Waals surface area (Å²) >= 11 is 0. The lowest BCUT2D eigenvalue weighted by Crippen LogP contribution is -2.26. The summed E-state index contributed by atoms with van der Waals surface area (Å²) in [5.41, 5.74) is -0.446. The highest BCUT2D eigenvalue weighted by atomic mass is 16.3. The normalized spacial score (nSPS) is 17.0. The lowest BCUT2D eigenvalue weighted by atomic mass is 9.88. The Kier molecular flexibility index (Phi) is 4.84. The molecule has 0 spiro atoms. The molecular weight excluding hydrogens is 148 g/mol. The van der Waals surface area contributed by atoms with E-state index in [1.165, 1.54) is 0 Å². The predicted molar refractivity (Wildman–Crippen MR) is 54.2 cm³/mol. The van der Waals surface area contributed by atoms with Crippen LogP contribution in [0.25, 0.3) is 0 Å². The summed E-state index contributed by atoms with van der Waals surface area (Å²) in [5, 5.41) is 9.93. The van der Waals surface area contributed by atoms with E-state index in [-0.39, 0.29) is 0 Å². The van der Waals surface area contributed by atoms with Gasteiger partial charge in [0.15, 0.2) is 0 Å². The Morgan fingerprint density at radius 2 is 1.58 bits per heavy atom. The van der Waals surface area contributed by atoms with Gasteiger partial charge >= 0.3 is 0 Å². The number of hydrogen-bond donors (Lipinski definition) is 1. The molecule has 0 aromatic rings. The minimum absolute atomic E-state index is 0.446. The summed E-state index contributed by atoms with van der Waals surface area (Å²) in [6, 6.07) is 0. The van der Waals surface area contributed by atoms with E-state index in [2.05, 4.69) is 27.7 Å². The van der Waals surface area contributed by atoms with Gasteiger partial charge in [0, 0.05) is 0 Å². The van der Waals surface area contributed by atoms with Crippen molar-refractivity contribution in [3.8, 4) is 0 Å². The summed E-state index contributed by atoms with van der Waals surface area (Å²) in [6.45, 7) is 10.7. The third kappa shape index (κ3) is 6.66. The number of hydrogen-bond acceptors (Lipinski definition) is 1. The molecule has 0 amide bonds. The molecule has 0 saturated carbocycles. The van der Waals surface area contributed by atoms with Gasteiger partial charge in [-0.25, -0.2) is 0 Å². The van der Waals surface area contributed by atoms with Gasteiger partial charge in [0.25, 0.3) is 0 Å². The van der Waals surface area contributed by atoms with Crippen LogP contribution in [0.4, 0.5) is 0 Å². The molecule has 0 aromatic carbocycles. The van der Waals surface area contributed by atoms with Crippen LogP contribution in [-0.4, -0.2) is 10.7 Å². The van der Waals surface area contributed by atoms with E-state index in [4.69, 9.17) is 0 Å². The largest absolute Gasteiger partial charge is 0.390 e. The van der Waals surface area contributed by atoms with Crippen LogP contribution < -0.4 is 0 Å². The number of aliphatic hydroxyl groups is 1. The quantitative estimate of drug-likeness (QED) is 0.675. The zero-order chi connectivity index (χ0) is 9.78. The van der Waals surface area contributed by atoms with Crippen molar-refractivity contribution in [2.24, 2.45) is 11.8 Å². The van der Waals surface area contributed by atoms with Crippen molar-refractivity contribution in [3.63, 3.8) is 0 Å². The topological polar surface area (TPSA) is 20.2 Å². The lowest BCUT2D eigenvalue weighted by Gasteiger charge is -2.26. The molecule has 0 fully saturated rings. The van der Waals surface area contributed by atoms with E-state index in [1.807, 2.05) is 6.92 Å². The Morgan fingerprint density at radius 1 is 1.08 bits per heavy atom. The molecule has 0 aliphatic rings. The molecule has 1 N–H and O–H groups in total. The average molecular weight is 172 g/mol. The van der Waals surface area contributed by atoms with Gasteiger partial charge in [-0.1, -0.05) is 27.7 Å². The van der Waals surface area contributed by atoms with Gasteiger partial charge in [0.2, 0.25) is 0 Å². The Labute approximate surface area is 77.2 Å². The zero-order valence-electron chi connectivity index (χ0n) is 9.22. The van der Waals surface area contributed by atoms with Gasteiger partial charge in [0.1, 0.15) is 0 Å². The van der Waals surface area contributed by atoms with Crippen molar-refractivity contribution >= 4 is 0 Å². The molecule has 1 unspecified atom stereocenters. The molecule has 0 aliphatic heterocycles. The van der Waals surface area contributed by atoms with Crippen LogP contribution in [0.3, 0.4) is 0 Å². The summed E-state index contributed by atoms with van der Waals surface area (Å²) in [5.74, 6) is 1.29. The van der Waals surface area contributed by atoms with Crippen molar-refractivity contribution in [2.75, 3.05) is 0 Å². The van der Waals surface area contributed by atoms with E-state index in [0.717, 1.165) is 19.3 Å². The SMILES string of the molecule is CC(C)CCC(C)(O)CC(C)C. The van der Waals surface area contributed by atoms with Crippen molar-refractivity contribution in [3.05, 3.63) is 0 Å². The summed E-state index contributed by atoms with van der Waals surface area (Å²) in [6.07, 6.45) is 2.97. The highest BCUT2D eigenvalue weighted by Gasteiger charge is 2.21. The second-order valence-corrected chi connectivity index (χ2v) is 5.03. The molecule has 0 aliphatic carbocycles. The molecule has 0 heterocycles. The molecule has 1 heteroatoms. The predicted octanol–water partition coefficient (Wildman–Crippen LogP) is 3.22. The molecule has 0 radical (unpaired) electrons. The van der Waals surface area contributed by atoms with E-state index < -0.39 is 5.60 Å². The van der Waals surface area contributed by atoms with Gasteiger partial charge in [0.05, 0.1) is 5.60 Å². The highest BCUT2D eigenvalue weighted by molar-refractivity contribution is 4.74. The second-order valence-electron chi connectivity index (χ2n) is 5.03. The van der Waals surface area contributed by atoms with Gasteiger partial charge in [-0.15, -0.1) is 0 Å². The van der Waals surface area contributed by atoms with Gasteiger partial charge in [-0.3, -0.25) is 0 Å². The van der Waals surface area contributed by atoms with Crippen molar-refractivity contribution in [1.82, 2.24) is 0 Å². The van der Waals surface area contributed by atoms with Crippen LogP contribution in [0, 0.1) is 11.8 Å². The Bertz CT molecular complexity index is 114. The molecule has 1 nitrogen and oxygen atoms in total. The fraction of sp³-hybridized carbons (Fsp3) is 1.00. The Hall–Kier alpha value is -0.0400. The maximum Gasteiger partial charge on any atom is 0.0622 e. The molecule has 0 rings (SSSR count). The molecular formula is C11H24O. The van der Waals surface area contributed by atoms with E-state index in [1.54, 1.807) is 0 Å². The zero-order valence-corrected chi connectivity index (χ0v) is 9.22. The third-order valence-electron chi connectivity index (χ3n) is 2.11. The molecule has 0 saturated heterocycles. The summed E-state index contributed by atoms with van der Waals surface area (Å²) in [7, 11) is 0. The fourth-order valence-electron chi connectivity index (χ4n) is 1.58. The van der Waals surface area contributed by atoms with Crippen LogP contribution in [-0.2, 0) is 0 Å². The molecule has 0 bridgehead atoms. The monoisotopic (exact) mass is 172 g/mol. The molecule has 12 heavy (non-hydrogen) atoms. The smallest absolute Gasteiger partial charge is 0.0622 e. The number of rotatable bonds is 5. The van der Waals surface area contributed by atoms with Crippen LogP contribution in [0.5, 0.6) is 0 Å². The van der Waals surface area contributed by atoms with Crippen molar-refractivity contribution < 1.29 is 5.11 Å². The van der Waals surface area contributed by atoms with E-state index in [0.29, 0.717) is 11.8 Å². The van der Waals surface area contributed by atoms with E-state index in [9.17, 15) is 5.11 Å². The lowest BCUT2D eigenvalue weighted by molar-refractivity contribution is 0.0250. The van der Waals surface area contributed by atoms with Gasteiger partial charge in [-0.05, 0) is 38.0 Å². The maximum atomic E-state index is 9.93. The van der Waals surface area contributed by atoms with Crippen LogP contribution >= 0.6 is 0 Å². The minimum atomic E-state index is -0.446. The van der Waals surface area contributed by atoms with Crippen LogP contribution in [0.15, 0.2) is 0 Å². The van der Waals surface area contributed by atoms with Crippen LogP contribution in [0.1, 0.15) is 53.9 Å². The highest BCUT2D eigenvalue weighted by Crippen LogP contribution is 2.23. The Balaban J connectivity index is 3.71. The molecule has 1 atom stereocenters. The first-order valence-electron chi connectivity index (χ1n) is 5.06. The first-order valence-corrected chi connectivity index (χ1v) is 5.06. The van der Waals surface area contributed by atoms with E-state index >= 15 is 0 Å². The second kappa shape index (κ2) is 4.86. The standard InChI is InChI=1S/C11H24O/c1-9(2)6-7-11(5,12)8-10(3)4/h9-10,12H,6-8H2,1-5H3. The first kappa shape index (κ1) is 12.0. The fourth-order valence-corrected chi connectivity index (χ4v) is 1.58. The van der Waals surface area contributed by atoms with Gasteiger partial charge < -0.3 is 5.11 Å². The van der Waals surface area contributed by atoms with Crippen LogP contribution in [0.2, 0.25) is 0 Å². The Morgan fingerprint density at radius 3 is 1.92 bits per heavy atom. The van der Waals surface area contributed by atoms with Crippen molar-refractivity contribution in [1.29, 1.82) is 0 Å². The third-order valence-corrected chi connectivity index (χ3v) is 2.11. The minimum Gasteiger partial charge on any atom is -0.390 e. The average Bonchev–Trinajstić information content (AvgIpc) is 1.81. The summed E-state index contributed by atoms with van der Waals surface area (Å²) < 4.78 is 0. The maximum absolute atomic E-state index is 9.93.